The van der Waals surface area contributed by atoms with Gasteiger partial charge in [0.2, 0.25) is 5.95 Å². The number of pyridine rings is 1. The monoisotopic (exact) mass is 323 g/mol. The Morgan fingerprint density at radius 3 is 2.87 bits per heavy atom. The van der Waals surface area contributed by atoms with Crippen molar-refractivity contribution in [2.75, 3.05) is 18.4 Å². The van der Waals surface area contributed by atoms with E-state index in [0.717, 1.165) is 43.9 Å². The van der Waals surface area contributed by atoms with E-state index in [0.29, 0.717) is 0 Å². The predicted molar refractivity (Wildman–Crippen MR) is 78.6 cm³/mol. The molecule has 1 unspecified atom stereocenters. The van der Waals surface area contributed by atoms with Crippen molar-refractivity contribution in [3.05, 3.63) is 48.0 Å². The van der Waals surface area contributed by atoms with Crippen LogP contribution in [0.2, 0.25) is 0 Å². The van der Waals surface area contributed by atoms with E-state index in [1.54, 1.807) is 6.20 Å². The summed E-state index contributed by atoms with van der Waals surface area (Å²) in [6.45, 7) is 2.37. The van der Waals surface area contributed by atoms with Crippen LogP contribution >= 0.6 is 0 Å². The fourth-order valence-corrected chi connectivity index (χ4v) is 2.61. The number of aromatic nitrogens is 3. The Balaban J connectivity index is 1.58. The summed E-state index contributed by atoms with van der Waals surface area (Å²) < 4.78 is 38.0. The van der Waals surface area contributed by atoms with Crippen LogP contribution in [-0.2, 0) is 12.7 Å². The predicted octanol–water partition coefficient (Wildman–Crippen LogP) is 2.58. The molecule has 0 amide bonds. The Bertz CT molecular complexity index is 647. The molecule has 0 bridgehead atoms. The first-order valence-electron chi connectivity index (χ1n) is 7.29. The summed E-state index contributed by atoms with van der Waals surface area (Å²) in [7, 11) is 0. The van der Waals surface area contributed by atoms with Gasteiger partial charge in [0.15, 0.2) is 0 Å². The lowest BCUT2D eigenvalue weighted by molar-refractivity contribution is -0.141. The normalized spacial score (nSPS) is 19.0. The van der Waals surface area contributed by atoms with Gasteiger partial charge in [0.05, 0.1) is 0 Å². The third-order valence-corrected chi connectivity index (χ3v) is 3.68. The van der Waals surface area contributed by atoms with Crippen LogP contribution in [0.15, 0.2) is 36.8 Å². The summed E-state index contributed by atoms with van der Waals surface area (Å²) in [5.74, 6) is 0.0213. The topological polar surface area (TPSA) is 53.9 Å². The largest absolute Gasteiger partial charge is 0.433 e. The van der Waals surface area contributed by atoms with E-state index < -0.39 is 11.9 Å². The summed E-state index contributed by atoms with van der Waals surface area (Å²) in [6.07, 6.45) is 1.04. The highest BCUT2D eigenvalue weighted by atomic mass is 19.4. The highest BCUT2D eigenvalue weighted by Gasteiger charge is 2.33. The van der Waals surface area contributed by atoms with E-state index in [1.165, 1.54) is 0 Å². The first-order chi connectivity index (χ1) is 11.0. The Labute approximate surface area is 131 Å². The molecule has 1 saturated heterocycles. The lowest BCUT2D eigenvalue weighted by Crippen LogP contribution is -2.27. The van der Waals surface area contributed by atoms with Gasteiger partial charge >= 0.3 is 6.18 Å². The molecule has 1 N–H and O–H groups in total. The summed E-state index contributed by atoms with van der Waals surface area (Å²) >= 11 is 0. The van der Waals surface area contributed by atoms with E-state index in [1.807, 2.05) is 18.3 Å². The molecule has 0 aliphatic carbocycles. The fourth-order valence-electron chi connectivity index (χ4n) is 2.61. The van der Waals surface area contributed by atoms with Crippen LogP contribution < -0.4 is 5.32 Å². The van der Waals surface area contributed by atoms with Crippen LogP contribution in [-0.4, -0.2) is 39.0 Å². The molecule has 0 saturated carbocycles. The first-order valence-corrected chi connectivity index (χ1v) is 7.29. The van der Waals surface area contributed by atoms with Gasteiger partial charge in [-0.15, -0.1) is 0 Å². The Morgan fingerprint density at radius 1 is 1.26 bits per heavy atom. The second-order valence-electron chi connectivity index (χ2n) is 5.49. The molecule has 1 fully saturated rings. The van der Waals surface area contributed by atoms with E-state index in [2.05, 4.69) is 25.2 Å². The molecule has 3 heterocycles. The molecule has 1 aliphatic rings. The molecular formula is C15H16F3N5. The Hall–Kier alpha value is -2.22. The van der Waals surface area contributed by atoms with Crippen LogP contribution in [0.4, 0.5) is 19.1 Å². The number of nitrogens with one attached hydrogen (secondary N) is 1. The average Bonchev–Trinajstić information content (AvgIpc) is 2.95. The number of alkyl halides is 3. The van der Waals surface area contributed by atoms with Crippen molar-refractivity contribution < 1.29 is 13.2 Å². The third-order valence-electron chi connectivity index (χ3n) is 3.68. The molecule has 2 aromatic heterocycles. The smallest absolute Gasteiger partial charge is 0.350 e. The van der Waals surface area contributed by atoms with Gasteiger partial charge in [0, 0.05) is 44.3 Å². The molecule has 0 radical (unpaired) electrons. The van der Waals surface area contributed by atoms with Crippen molar-refractivity contribution >= 4 is 5.95 Å². The van der Waals surface area contributed by atoms with Crippen LogP contribution in [0, 0.1) is 0 Å². The van der Waals surface area contributed by atoms with Crippen LogP contribution in [0.25, 0.3) is 0 Å². The molecule has 0 spiro atoms. The lowest BCUT2D eigenvalue weighted by atomic mass is 10.2. The Morgan fingerprint density at radius 2 is 2.13 bits per heavy atom. The van der Waals surface area contributed by atoms with Gasteiger partial charge in [-0.05, 0) is 24.1 Å². The van der Waals surface area contributed by atoms with Crippen molar-refractivity contribution in [2.45, 2.75) is 25.2 Å². The van der Waals surface area contributed by atoms with Gasteiger partial charge in [-0.25, -0.2) is 9.97 Å². The molecule has 1 aliphatic heterocycles. The maximum Gasteiger partial charge on any atom is 0.433 e. The minimum absolute atomic E-state index is 0.0213. The second kappa shape index (κ2) is 6.49. The summed E-state index contributed by atoms with van der Waals surface area (Å²) in [6, 6.07) is 4.80. The summed E-state index contributed by atoms with van der Waals surface area (Å²) in [5, 5.41) is 2.99. The minimum Gasteiger partial charge on any atom is -0.350 e. The third kappa shape index (κ3) is 4.16. The van der Waals surface area contributed by atoms with Gasteiger partial charge in [0.25, 0.3) is 0 Å². The molecular weight excluding hydrogens is 307 g/mol. The van der Waals surface area contributed by atoms with E-state index in [-0.39, 0.29) is 12.0 Å². The number of halogens is 3. The van der Waals surface area contributed by atoms with Crippen LogP contribution in [0.1, 0.15) is 17.7 Å². The number of hydrogen-bond acceptors (Lipinski definition) is 5. The van der Waals surface area contributed by atoms with Crippen molar-refractivity contribution in [1.82, 2.24) is 19.9 Å². The number of hydrogen-bond donors (Lipinski definition) is 1. The fraction of sp³-hybridized carbons (Fsp3) is 0.400. The number of rotatable bonds is 4. The van der Waals surface area contributed by atoms with Gasteiger partial charge in [0.1, 0.15) is 5.69 Å². The maximum absolute atomic E-state index is 12.7. The van der Waals surface area contributed by atoms with Crippen molar-refractivity contribution in [2.24, 2.45) is 0 Å². The molecule has 23 heavy (non-hydrogen) atoms. The van der Waals surface area contributed by atoms with Gasteiger partial charge in [-0.1, -0.05) is 6.07 Å². The lowest BCUT2D eigenvalue weighted by Gasteiger charge is -2.17. The number of anilines is 1. The van der Waals surface area contributed by atoms with Crippen LogP contribution in [0.3, 0.4) is 0 Å². The summed E-state index contributed by atoms with van der Waals surface area (Å²) in [4.78, 5) is 13.7. The SMILES string of the molecule is FC(F)(F)c1ccnc(NC2CCN(Cc3cccnc3)C2)n1. The van der Waals surface area contributed by atoms with E-state index in [9.17, 15) is 13.2 Å². The van der Waals surface area contributed by atoms with Crippen LogP contribution in [0.5, 0.6) is 0 Å². The highest BCUT2D eigenvalue weighted by Crippen LogP contribution is 2.27. The quantitative estimate of drug-likeness (QED) is 0.937. The molecule has 2 aromatic rings. The zero-order valence-corrected chi connectivity index (χ0v) is 12.3. The van der Waals surface area contributed by atoms with E-state index >= 15 is 0 Å². The minimum atomic E-state index is -4.46. The summed E-state index contributed by atoms with van der Waals surface area (Å²) in [5.41, 5.74) is 0.184. The standard InChI is InChI=1S/C15H16F3N5/c16-15(17,18)13-3-6-20-14(22-13)21-12-4-7-23(10-12)9-11-2-1-5-19-8-11/h1-3,5-6,8,12H,4,7,9-10H2,(H,20,21,22). The molecule has 5 nitrogen and oxygen atoms in total. The molecule has 8 heteroatoms. The molecule has 0 aromatic carbocycles. The van der Waals surface area contributed by atoms with Crippen molar-refractivity contribution in [1.29, 1.82) is 0 Å². The van der Waals surface area contributed by atoms with Gasteiger partial charge in [-0.2, -0.15) is 13.2 Å². The van der Waals surface area contributed by atoms with Crippen molar-refractivity contribution in [3.63, 3.8) is 0 Å². The number of likely N-dealkylation sites (tertiary alicyclic amines) is 1. The first kappa shape index (κ1) is 15.7. The number of nitrogens with zero attached hydrogens (tertiary/aromatic N) is 4. The van der Waals surface area contributed by atoms with Crippen molar-refractivity contribution in [3.8, 4) is 0 Å². The van der Waals surface area contributed by atoms with Gasteiger partial charge < -0.3 is 5.32 Å². The molecule has 3 rings (SSSR count). The Kier molecular flexibility index (Phi) is 4.42. The van der Waals surface area contributed by atoms with Gasteiger partial charge in [-0.3, -0.25) is 9.88 Å². The zero-order chi connectivity index (χ0) is 16.3. The highest BCUT2D eigenvalue weighted by molar-refractivity contribution is 5.28. The second-order valence-corrected chi connectivity index (χ2v) is 5.49. The maximum atomic E-state index is 12.7. The molecule has 122 valence electrons. The molecule has 1 atom stereocenters. The van der Waals surface area contributed by atoms with E-state index in [4.69, 9.17) is 0 Å². The average molecular weight is 323 g/mol. The zero-order valence-electron chi connectivity index (χ0n) is 12.3.